The predicted octanol–water partition coefficient (Wildman–Crippen LogP) is 1.81. The van der Waals surface area contributed by atoms with Crippen LogP contribution in [0.3, 0.4) is 0 Å². The molecule has 0 unspecified atom stereocenters. The van der Waals surface area contributed by atoms with Gasteiger partial charge in [-0.3, -0.25) is 9.59 Å². The fraction of sp³-hybridized carbons (Fsp3) is 0.0769. The van der Waals surface area contributed by atoms with Crippen molar-refractivity contribution in [3.05, 3.63) is 35.9 Å². The van der Waals surface area contributed by atoms with Gasteiger partial charge < -0.3 is 10.5 Å². The van der Waals surface area contributed by atoms with Crippen LogP contribution >= 0.6 is 0 Å². The zero-order chi connectivity index (χ0) is 12.4. The summed E-state index contributed by atoms with van der Waals surface area (Å²) >= 11 is 0. The number of nitrogen functional groups attached to an aromatic ring is 1. The van der Waals surface area contributed by atoms with Gasteiger partial charge in [0.1, 0.15) is 5.75 Å². The Balaban J connectivity index is 2.85. The van der Waals surface area contributed by atoms with Crippen molar-refractivity contribution < 1.29 is 14.3 Å². The number of benzene rings is 2. The Morgan fingerprint density at radius 1 is 1.29 bits per heavy atom. The highest BCUT2D eigenvalue weighted by Crippen LogP contribution is 2.30. The highest BCUT2D eigenvalue weighted by molar-refractivity contribution is 6.36. The zero-order valence-corrected chi connectivity index (χ0v) is 9.27. The molecule has 0 aliphatic rings. The molecule has 2 rings (SSSR count). The number of ketones is 1. The van der Waals surface area contributed by atoms with Crippen LogP contribution in [0.25, 0.3) is 10.8 Å². The van der Waals surface area contributed by atoms with Crippen molar-refractivity contribution in [1.82, 2.24) is 0 Å². The highest BCUT2D eigenvalue weighted by atomic mass is 16.5. The molecule has 0 bridgehead atoms. The van der Waals surface area contributed by atoms with E-state index in [1.165, 1.54) is 6.07 Å². The normalized spacial score (nSPS) is 10.2. The Morgan fingerprint density at radius 3 is 2.71 bits per heavy atom. The zero-order valence-electron chi connectivity index (χ0n) is 9.27. The second kappa shape index (κ2) is 4.25. The van der Waals surface area contributed by atoms with E-state index in [1.54, 1.807) is 31.4 Å². The van der Waals surface area contributed by atoms with E-state index in [0.29, 0.717) is 22.4 Å². The van der Waals surface area contributed by atoms with Crippen LogP contribution in [0.4, 0.5) is 5.69 Å². The average molecular weight is 229 g/mol. The topological polar surface area (TPSA) is 69.4 Å². The Kier molecular flexibility index (Phi) is 2.78. The Bertz CT molecular complexity index is 605. The fourth-order valence-electron chi connectivity index (χ4n) is 1.83. The number of methoxy groups -OCH3 is 1. The molecule has 2 aromatic carbocycles. The first kappa shape index (κ1) is 11.1. The number of carbonyl (C=O) groups is 2. The van der Waals surface area contributed by atoms with Gasteiger partial charge in [-0.1, -0.05) is 12.1 Å². The lowest BCUT2D eigenvalue weighted by Crippen LogP contribution is -2.02. The summed E-state index contributed by atoms with van der Waals surface area (Å²) in [6, 6.07) is 8.51. The minimum Gasteiger partial charge on any atom is -0.496 e. The third-order valence-electron chi connectivity index (χ3n) is 2.57. The largest absolute Gasteiger partial charge is 0.496 e. The van der Waals surface area contributed by atoms with Crippen molar-refractivity contribution in [2.75, 3.05) is 12.8 Å². The summed E-state index contributed by atoms with van der Waals surface area (Å²) in [6.07, 6.45) is 0.285. The van der Waals surface area contributed by atoms with Crippen LogP contribution in [-0.2, 0) is 4.79 Å². The summed E-state index contributed by atoms with van der Waals surface area (Å²) in [4.78, 5) is 22.1. The van der Waals surface area contributed by atoms with Crippen LogP contribution in [0.15, 0.2) is 30.3 Å². The number of fused-ring (bicyclic) bond motifs is 1. The number of carbonyl (C=O) groups excluding carboxylic acids is 2. The van der Waals surface area contributed by atoms with Crippen LogP contribution in [0.5, 0.6) is 5.75 Å². The molecule has 0 saturated carbocycles. The van der Waals surface area contributed by atoms with Crippen molar-refractivity contribution in [3.8, 4) is 5.75 Å². The molecule has 0 aliphatic heterocycles. The second-order valence-electron chi connectivity index (χ2n) is 3.61. The van der Waals surface area contributed by atoms with Gasteiger partial charge in [-0.2, -0.15) is 0 Å². The minimum absolute atomic E-state index is 0.285. The maximum absolute atomic E-state index is 11.5. The van der Waals surface area contributed by atoms with Gasteiger partial charge in [-0.05, 0) is 23.6 Å². The monoisotopic (exact) mass is 229 g/mol. The Labute approximate surface area is 98.0 Å². The molecule has 2 N–H and O–H groups in total. The van der Waals surface area contributed by atoms with Crippen molar-refractivity contribution in [2.24, 2.45) is 0 Å². The molecule has 0 fully saturated rings. The third kappa shape index (κ3) is 1.85. The number of hydrogen-bond acceptors (Lipinski definition) is 4. The van der Waals surface area contributed by atoms with E-state index < -0.39 is 5.78 Å². The number of ether oxygens (including phenoxy) is 1. The lowest BCUT2D eigenvalue weighted by molar-refractivity contribution is -0.104. The van der Waals surface area contributed by atoms with Crippen LogP contribution in [-0.4, -0.2) is 19.2 Å². The maximum Gasteiger partial charge on any atom is 0.226 e. The molecular formula is C13H11NO3. The van der Waals surface area contributed by atoms with E-state index in [4.69, 9.17) is 10.5 Å². The number of hydrogen-bond donors (Lipinski definition) is 1. The molecule has 0 amide bonds. The van der Waals surface area contributed by atoms with E-state index in [0.717, 1.165) is 5.39 Å². The number of anilines is 1. The average Bonchev–Trinajstić information content (AvgIpc) is 2.36. The third-order valence-corrected chi connectivity index (χ3v) is 2.57. The van der Waals surface area contributed by atoms with Gasteiger partial charge >= 0.3 is 0 Å². The molecule has 4 nitrogen and oxygen atoms in total. The van der Waals surface area contributed by atoms with E-state index in [-0.39, 0.29) is 6.29 Å². The minimum atomic E-state index is -0.587. The van der Waals surface area contributed by atoms with Gasteiger partial charge in [-0.25, -0.2) is 0 Å². The summed E-state index contributed by atoms with van der Waals surface area (Å²) in [6.45, 7) is 0. The molecule has 4 heteroatoms. The first-order chi connectivity index (χ1) is 8.17. The number of Topliss-reactive ketones (excluding diaryl/α,β-unsaturated/α-hetero) is 1. The molecule has 0 atom stereocenters. The van der Waals surface area contributed by atoms with Gasteiger partial charge in [0.05, 0.1) is 7.11 Å². The van der Waals surface area contributed by atoms with Crippen LogP contribution < -0.4 is 10.5 Å². The van der Waals surface area contributed by atoms with Crippen LogP contribution in [0.1, 0.15) is 10.4 Å². The summed E-state index contributed by atoms with van der Waals surface area (Å²) in [7, 11) is 1.54. The number of rotatable bonds is 3. The first-order valence-corrected chi connectivity index (χ1v) is 5.03. The van der Waals surface area contributed by atoms with Gasteiger partial charge in [0.25, 0.3) is 0 Å². The Hall–Kier alpha value is -2.36. The van der Waals surface area contributed by atoms with Crippen molar-refractivity contribution in [2.45, 2.75) is 0 Å². The van der Waals surface area contributed by atoms with Crippen molar-refractivity contribution in [1.29, 1.82) is 0 Å². The standard InChI is InChI=1S/C13H11NO3/c1-17-13-4-2-3-9-10(12(16)7-15)5-8(14)6-11(9)13/h2-7H,14H2,1H3. The summed E-state index contributed by atoms with van der Waals surface area (Å²) < 4.78 is 5.20. The van der Waals surface area contributed by atoms with Crippen molar-refractivity contribution in [3.63, 3.8) is 0 Å². The van der Waals surface area contributed by atoms with E-state index in [9.17, 15) is 9.59 Å². The van der Waals surface area contributed by atoms with Gasteiger partial charge in [0.15, 0.2) is 6.29 Å². The lowest BCUT2D eigenvalue weighted by Gasteiger charge is -2.08. The SMILES string of the molecule is COc1cccc2c(C(=O)C=O)cc(N)cc12. The quantitative estimate of drug-likeness (QED) is 0.377. The molecule has 0 aromatic heterocycles. The van der Waals surface area contributed by atoms with Crippen molar-refractivity contribution >= 4 is 28.5 Å². The lowest BCUT2D eigenvalue weighted by atomic mass is 10.00. The van der Waals surface area contributed by atoms with E-state index in [1.807, 2.05) is 0 Å². The Morgan fingerprint density at radius 2 is 2.06 bits per heavy atom. The molecule has 17 heavy (non-hydrogen) atoms. The van der Waals surface area contributed by atoms with Gasteiger partial charge in [0.2, 0.25) is 5.78 Å². The van der Waals surface area contributed by atoms with Crippen LogP contribution in [0.2, 0.25) is 0 Å². The molecule has 0 heterocycles. The van der Waals surface area contributed by atoms with E-state index in [2.05, 4.69) is 0 Å². The summed E-state index contributed by atoms with van der Waals surface area (Å²) in [5.41, 5.74) is 6.44. The number of aldehydes is 1. The molecule has 0 aliphatic carbocycles. The first-order valence-electron chi connectivity index (χ1n) is 5.03. The maximum atomic E-state index is 11.5. The second-order valence-corrected chi connectivity index (χ2v) is 3.61. The highest BCUT2D eigenvalue weighted by Gasteiger charge is 2.12. The molecule has 0 radical (unpaired) electrons. The molecule has 0 spiro atoms. The number of nitrogens with two attached hydrogens (primary N) is 1. The fourth-order valence-corrected chi connectivity index (χ4v) is 1.83. The van der Waals surface area contributed by atoms with Gasteiger partial charge in [-0.15, -0.1) is 0 Å². The smallest absolute Gasteiger partial charge is 0.226 e. The van der Waals surface area contributed by atoms with Crippen LogP contribution in [0, 0.1) is 0 Å². The molecule has 0 saturated heterocycles. The molecule has 2 aromatic rings. The summed E-state index contributed by atoms with van der Waals surface area (Å²) in [5, 5.41) is 1.39. The predicted molar refractivity (Wildman–Crippen MR) is 65.3 cm³/mol. The molecular weight excluding hydrogens is 218 g/mol. The van der Waals surface area contributed by atoms with E-state index >= 15 is 0 Å². The van der Waals surface area contributed by atoms with Gasteiger partial charge in [0, 0.05) is 16.6 Å². The molecule has 86 valence electrons. The summed E-state index contributed by atoms with van der Waals surface area (Å²) in [5.74, 6) is 0.0327.